The van der Waals surface area contributed by atoms with Crippen molar-refractivity contribution in [2.24, 2.45) is 0 Å². The number of hydrogen-bond acceptors (Lipinski definition) is 9. The molecule has 1 spiro atoms. The fourth-order valence-corrected chi connectivity index (χ4v) is 9.79. The second-order valence-electron chi connectivity index (χ2n) is 16.5. The molecule has 3 fully saturated rings. The molecule has 2 saturated carbocycles. The predicted molar refractivity (Wildman–Crippen MR) is 202 cm³/mol. The molecule has 3 aliphatic heterocycles. The predicted octanol–water partition coefficient (Wildman–Crippen LogP) is 5.66. The number of nitrogens with zero attached hydrogens (tertiary/aromatic N) is 2. The van der Waals surface area contributed by atoms with Crippen LogP contribution in [0.4, 0.5) is 18.0 Å². The fourth-order valence-electron chi connectivity index (χ4n) is 8.50. The van der Waals surface area contributed by atoms with E-state index in [9.17, 15) is 40.8 Å². The lowest BCUT2D eigenvalue weighted by Crippen LogP contribution is -2.57. The number of benzene rings is 1. The Morgan fingerprint density at radius 1 is 1.04 bits per heavy atom. The quantitative estimate of drug-likeness (QED) is 0.322. The number of nitrogens with one attached hydrogen (secondary N) is 3. The maximum absolute atomic E-state index is 14.7. The van der Waals surface area contributed by atoms with Crippen molar-refractivity contribution in [1.29, 1.82) is 0 Å². The average Bonchev–Trinajstić information content (AvgIpc) is 3.53. The van der Waals surface area contributed by atoms with Crippen molar-refractivity contribution in [1.82, 2.24) is 25.2 Å². The molecule has 1 aromatic heterocycles. The molecule has 1 aromatic carbocycles. The minimum absolute atomic E-state index is 0.00542. The molecule has 5 aliphatic rings. The number of aryl methyl sites for hydroxylation is 2. The number of alkyl halides is 3. The molecule has 7 rings (SSSR count). The van der Waals surface area contributed by atoms with Gasteiger partial charge in [-0.05, 0) is 109 Å². The Hall–Kier alpha value is -4.41. The normalized spacial score (nSPS) is 27.7. The van der Waals surface area contributed by atoms with E-state index in [1.165, 1.54) is 11.0 Å². The van der Waals surface area contributed by atoms with Crippen molar-refractivity contribution < 1.29 is 50.2 Å². The van der Waals surface area contributed by atoms with Crippen LogP contribution in [0, 0.1) is 6.92 Å². The van der Waals surface area contributed by atoms with Crippen molar-refractivity contribution in [2.45, 2.75) is 151 Å². The van der Waals surface area contributed by atoms with E-state index in [4.69, 9.17) is 9.47 Å². The van der Waals surface area contributed by atoms with Crippen LogP contribution in [-0.2, 0) is 41.7 Å². The number of sulfonamides is 1. The zero-order valence-corrected chi connectivity index (χ0v) is 33.0. The van der Waals surface area contributed by atoms with Crippen LogP contribution in [0.25, 0.3) is 10.9 Å². The van der Waals surface area contributed by atoms with Crippen molar-refractivity contribution in [2.75, 3.05) is 6.54 Å². The van der Waals surface area contributed by atoms with E-state index >= 15 is 0 Å². The first-order valence-corrected chi connectivity index (χ1v) is 21.4. The maximum atomic E-state index is 14.7. The number of carbonyl (C=O) groups is 4. The molecule has 0 radical (unpaired) electrons. The van der Waals surface area contributed by atoms with Crippen LogP contribution in [-0.4, -0.2) is 83.2 Å². The Bertz CT molecular complexity index is 2070. The summed E-state index contributed by atoms with van der Waals surface area (Å²) in [6, 6.07) is -0.207. The van der Waals surface area contributed by atoms with Gasteiger partial charge in [0.05, 0.1) is 28.1 Å². The monoisotopic (exact) mass is 817 g/mol. The van der Waals surface area contributed by atoms with Crippen LogP contribution >= 0.6 is 0 Å². The summed E-state index contributed by atoms with van der Waals surface area (Å²) < 4.78 is 80.8. The molecule has 0 unspecified atom stereocenters. The summed E-state index contributed by atoms with van der Waals surface area (Å²) in [5, 5.41) is 5.79. The number of amides is 4. The van der Waals surface area contributed by atoms with Gasteiger partial charge in [0.2, 0.25) is 21.8 Å². The second-order valence-corrected chi connectivity index (χ2v) is 18.7. The number of halogens is 3. The lowest BCUT2D eigenvalue weighted by Gasteiger charge is -2.37. The molecular weight excluding hydrogens is 768 g/mol. The Morgan fingerprint density at radius 3 is 2.49 bits per heavy atom. The molecule has 4 atom stereocenters. The molecule has 2 aliphatic carbocycles. The molecule has 1 saturated heterocycles. The van der Waals surface area contributed by atoms with E-state index in [2.05, 4.69) is 20.3 Å². The Morgan fingerprint density at radius 2 is 1.77 bits per heavy atom. The van der Waals surface area contributed by atoms with Crippen LogP contribution in [0.15, 0.2) is 30.4 Å². The molecule has 2 aromatic rings. The summed E-state index contributed by atoms with van der Waals surface area (Å²) in [7, 11) is -4.03. The van der Waals surface area contributed by atoms with E-state index in [-0.39, 0.29) is 50.5 Å². The molecule has 13 nitrogen and oxygen atoms in total. The van der Waals surface area contributed by atoms with Crippen molar-refractivity contribution in [3.05, 3.63) is 47.2 Å². The zero-order valence-electron chi connectivity index (χ0n) is 32.2. The SMILES string of the molecule is Cc1nc2ccc(C(F)(F)F)cc2c2c1O[C@]1(CC2)C[C@H]2C(=O)N[C@@H](C(=O)NS(=O)(=O)C3(C)CC3)C/C=C\CCCCC[C@H](NC(=O)OC3CCCC3)C(=O)N2C1. The number of rotatable bonds is 5. The highest BCUT2D eigenvalue weighted by Crippen LogP contribution is 2.46. The van der Waals surface area contributed by atoms with Crippen LogP contribution in [0.5, 0.6) is 5.75 Å². The van der Waals surface area contributed by atoms with E-state index in [1.54, 1.807) is 19.9 Å². The van der Waals surface area contributed by atoms with Crippen molar-refractivity contribution >= 4 is 44.7 Å². The number of hydrogen-bond donors (Lipinski definition) is 3. The molecule has 0 bridgehead atoms. The van der Waals surface area contributed by atoms with Crippen LogP contribution in [0.2, 0.25) is 0 Å². The Kier molecular flexibility index (Phi) is 11.3. The first-order valence-electron chi connectivity index (χ1n) is 20.0. The summed E-state index contributed by atoms with van der Waals surface area (Å²) in [5.74, 6) is -1.89. The lowest BCUT2D eigenvalue weighted by atomic mass is 9.87. The van der Waals surface area contributed by atoms with Gasteiger partial charge in [-0.25, -0.2) is 18.2 Å². The number of alkyl carbamates (subject to hydrolysis) is 1. The van der Waals surface area contributed by atoms with Crippen LogP contribution in [0.1, 0.15) is 114 Å². The largest absolute Gasteiger partial charge is 0.483 e. The van der Waals surface area contributed by atoms with Crippen molar-refractivity contribution in [3.8, 4) is 5.75 Å². The van der Waals surface area contributed by atoms with E-state index in [0.717, 1.165) is 50.7 Å². The lowest BCUT2D eigenvalue weighted by molar-refractivity contribution is -0.141. The smallest absolute Gasteiger partial charge is 0.416 e. The summed E-state index contributed by atoms with van der Waals surface area (Å²) >= 11 is 0. The summed E-state index contributed by atoms with van der Waals surface area (Å²) in [6.07, 6.45) is 5.53. The molecule has 310 valence electrons. The van der Waals surface area contributed by atoms with Gasteiger partial charge >= 0.3 is 12.3 Å². The first kappa shape index (κ1) is 40.8. The molecular formula is C40H50F3N5O8S. The number of fused-ring (bicyclic) bond motifs is 4. The number of carbonyl (C=O) groups excluding carboxylic acids is 4. The summed E-state index contributed by atoms with van der Waals surface area (Å²) in [4.78, 5) is 61.7. The number of allylic oxidation sites excluding steroid dienone is 1. The third kappa shape index (κ3) is 8.72. The third-order valence-corrected chi connectivity index (χ3v) is 14.4. The highest BCUT2D eigenvalue weighted by molar-refractivity contribution is 7.91. The molecule has 3 N–H and O–H groups in total. The second kappa shape index (κ2) is 15.7. The highest BCUT2D eigenvalue weighted by atomic mass is 32.2. The van der Waals surface area contributed by atoms with Crippen LogP contribution in [0.3, 0.4) is 0 Å². The van der Waals surface area contributed by atoms with Gasteiger partial charge < -0.3 is 25.0 Å². The zero-order chi connectivity index (χ0) is 40.8. The highest BCUT2D eigenvalue weighted by Gasteiger charge is 2.54. The number of aromatic nitrogens is 1. The fraction of sp³-hybridized carbons (Fsp3) is 0.625. The molecule has 17 heteroatoms. The summed E-state index contributed by atoms with van der Waals surface area (Å²) in [5.41, 5.74) is -0.664. The minimum atomic E-state index is -4.58. The van der Waals surface area contributed by atoms with E-state index < -0.39 is 74.1 Å². The van der Waals surface area contributed by atoms with Gasteiger partial charge in [-0.15, -0.1) is 0 Å². The third-order valence-electron chi connectivity index (χ3n) is 12.2. The Labute approximate surface area is 329 Å². The Balaban J connectivity index is 1.21. The van der Waals surface area contributed by atoms with Gasteiger partial charge in [0.1, 0.15) is 35.6 Å². The number of ether oxygens (including phenoxy) is 2. The maximum Gasteiger partial charge on any atom is 0.416 e. The molecule has 4 amide bonds. The topological polar surface area (TPSA) is 173 Å². The number of pyridine rings is 1. The van der Waals surface area contributed by atoms with Crippen molar-refractivity contribution in [3.63, 3.8) is 0 Å². The van der Waals surface area contributed by atoms with E-state index in [0.29, 0.717) is 47.8 Å². The summed E-state index contributed by atoms with van der Waals surface area (Å²) in [6.45, 7) is 3.12. The van der Waals surface area contributed by atoms with Gasteiger partial charge in [0.15, 0.2) is 0 Å². The van der Waals surface area contributed by atoms with Gasteiger partial charge in [-0.3, -0.25) is 19.1 Å². The molecule has 57 heavy (non-hydrogen) atoms. The first-order chi connectivity index (χ1) is 27.0. The van der Waals surface area contributed by atoms with Gasteiger partial charge in [-0.1, -0.05) is 25.0 Å². The van der Waals surface area contributed by atoms with Crippen LogP contribution < -0.4 is 20.1 Å². The standard InChI is InChI=1S/C40H50F3N5O8S/c1-24-33-27(28-21-25(40(41,42)43)15-16-29(28)44-24)17-18-39(56-33)22-32-35(50)45-30(34(49)47-57(53,54)38(2)19-20-38)13-7-5-3-4-6-8-14-31(36(51)48(32)23-39)46-37(52)55-26-11-9-10-12-26/h5,7,15-16,21,26,30-32H,3-4,6,8-14,17-20,22-23H2,1-2H3,(H,45,50)(H,46,52)(H,47,49)/b7-5-/t30-,31+,32+,39-/m1/s1. The van der Waals surface area contributed by atoms with Gasteiger partial charge in [-0.2, -0.15) is 13.2 Å². The van der Waals surface area contributed by atoms with Gasteiger partial charge in [0, 0.05) is 17.4 Å². The van der Waals surface area contributed by atoms with E-state index in [1.807, 2.05) is 6.08 Å². The average molecular weight is 818 g/mol. The minimum Gasteiger partial charge on any atom is -0.483 e. The molecule has 4 heterocycles. The van der Waals surface area contributed by atoms with Gasteiger partial charge in [0.25, 0.3) is 5.91 Å².